The van der Waals surface area contributed by atoms with E-state index < -0.39 is 0 Å². The molecule has 0 saturated carbocycles. The summed E-state index contributed by atoms with van der Waals surface area (Å²) in [5.74, 6) is 3.24. The highest BCUT2D eigenvalue weighted by atomic mass is 16.5. The van der Waals surface area contributed by atoms with Crippen molar-refractivity contribution < 1.29 is 9.47 Å². The Bertz CT molecular complexity index is 3680. The van der Waals surface area contributed by atoms with E-state index in [1.807, 2.05) is 0 Å². The van der Waals surface area contributed by atoms with Gasteiger partial charge in [0.2, 0.25) is 6.71 Å². The third kappa shape index (κ3) is 7.18. The van der Waals surface area contributed by atoms with Crippen LogP contribution in [-0.4, -0.2) is 6.71 Å². The van der Waals surface area contributed by atoms with E-state index in [0.717, 1.165) is 62.3 Å². The van der Waals surface area contributed by atoms with E-state index in [4.69, 9.17) is 9.47 Å². The first-order chi connectivity index (χ1) is 35.4. The number of benzene rings is 10. The Labute approximate surface area is 430 Å². The maximum Gasteiger partial charge on any atom is 0.247 e. The van der Waals surface area contributed by atoms with Crippen LogP contribution in [0.1, 0.15) is 50.1 Å². The molecule has 0 atom stereocenters. The summed E-state index contributed by atoms with van der Waals surface area (Å²) in [5.41, 5.74) is 32.4. The maximum atomic E-state index is 7.39. The Morgan fingerprint density at radius 2 is 0.575 bits per heavy atom. The van der Waals surface area contributed by atoms with Crippen LogP contribution in [0.15, 0.2) is 176 Å². The zero-order valence-electron chi connectivity index (χ0n) is 43.1. The summed E-state index contributed by atoms with van der Waals surface area (Å²) in [6, 6.07) is 65.0. The van der Waals surface area contributed by atoms with Gasteiger partial charge in [-0.2, -0.15) is 0 Å². The first kappa shape index (κ1) is 44.6. The summed E-state index contributed by atoms with van der Waals surface area (Å²) in [7, 11) is 0. The Morgan fingerprint density at radius 1 is 0.288 bits per heavy atom. The van der Waals surface area contributed by atoms with Crippen molar-refractivity contribution in [3.63, 3.8) is 0 Å². The van der Waals surface area contributed by atoms with Crippen LogP contribution in [0.3, 0.4) is 0 Å². The zero-order valence-corrected chi connectivity index (χ0v) is 43.1. The minimum absolute atomic E-state index is 0.125. The lowest BCUT2D eigenvalue weighted by molar-refractivity contribution is 0.447. The minimum Gasteiger partial charge on any atom is -0.453 e. The molecule has 10 aromatic rings. The van der Waals surface area contributed by atoms with Gasteiger partial charge in [0.1, 0.15) is 5.69 Å². The zero-order chi connectivity index (χ0) is 50.0. The van der Waals surface area contributed by atoms with E-state index in [0.29, 0.717) is 0 Å². The lowest BCUT2D eigenvalue weighted by Crippen LogP contribution is -2.59. The Hall–Kier alpha value is -8.34. The van der Waals surface area contributed by atoms with Crippen LogP contribution in [-0.2, 0) is 0 Å². The first-order valence-corrected chi connectivity index (χ1v) is 25.7. The van der Waals surface area contributed by atoms with Gasteiger partial charge in [0, 0.05) is 0 Å². The maximum absolute atomic E-state index is 7.39. The van der Waals surface area contributed by atoms with Gasteiger partial charge in [-0.15, -0.1) is 0 Å². The number of hydrogen-bond acceptors (Lipinski definition) is 3. The molecule has 0 bridgehead atoms. The standard InChI is InChI=1S/C69H56BNO2/c1-39-25-46(8)66(47(9)26-39)70-57-33-54(51-27-40(2)63(41(3)28-51)48-19-13-10-14-20-48)35-59-67(57)71-68-58(70)34-55(52-29-42(4)64(43(5)30-52)49-21-15-11-16-22-49)36-60(68)73-62-38-56(37-61(72-59)69(62)71)53-31-44(6)65(45(7)32-53)50-23-17-12-18-24-50/h10-38H,1-9H3. The van der Waals surface area contributed by atoms with Gasteiger partial charge in [0.15, 0.2) is 23.0 Å². The molecule has 4 heteroatoms. The molecule has 10 aromatic carbocycles. The molecule has 3 aliphatic heterocycles. The molecule has 0 amide bonds. The van der Waals surface area contributed by atoms with E-state index in [-0.39, 0.29) is 6.71 Å². The van der Waals surface area contributed by atoms with Gasteiger partial charge in [-0.3, -0.25) is 4.90 Å². The van der Waals surface area contributed by atoms with E-state index in [2.05, 4.69) is 243 Å². The van der Waals surface area contributed by atoms with Crippen LogP contribution in [0.4, 0.5) is 17.1 Å². The van der Waals surface area contributed by atoms with Crippen molar-refractivity contribution in [2.45, 2.75) is 62.3 Å². The van der Waals surface area contributed by atoms with Crippen LogP contribution >= 0.6 is 0 Å². The molecule has 0 saturated heterocycles. The molecule has 73 heavy (non-hydrogen) atoms. The number of rotatable bonds is 7. The molecular formula is C69H56BNO2. The van der Waals surface area contributed by atoms with Gasteiger partial charge in [0.25, 0.3) is 0 Å². The fourth-order valence-corrected chi connectivity index (χ4v) is 13.1. The number of ether oxygens (including phenoxy) is 2. The fourth-order valence-electron chi connectivity index (χ4n) is 13.1. The Kier molecular flexibility index (Phi) is 10.3. The molecule has 3 heterocycles. The molecule has 3 nitrogen and oxygen atoms in total. The number of anilines is 3. The van der Waals surface area contributed by atoms with Crippen molar-refractivity contribution in [2.75, 3.05) is 4.90 Å². The smallest absolute Gasteiger partial charge is 0.247 e. The molecule has 0 N–H and O–H groups in total. The van der Waals surface area contributed by atoms with Crippen LogP contribution in [0, 0.1) is 62.3 Å². The van der Waals surface area contributed by atoms with Gasteiger partial charge in [0.05, 0.1) is 11.4 Å². The van der Waals surface area contributed by atoms with E-state index in [9.17, 15) is 0 Å². The van der Waals surface area contributed by atoms with Gasteiger partial charge in [-0.1, -0.05) is 174 Å². The van der Waals surface area contributed by atoms with E-state index in [1.54, 1.807) is 0 Å². The second kappa shape index (κ2) is 16.9. The first-order valence-electron chi connectivity index (χ1n) is 25.7. The Morgan fingerprint density at radius 3 is 0.904 bits per heavy atom. The summed E-state index contributed by atoms with van der Waals surface area (Å²) in [4.78, 5) is 2.48. The van der Waals surface area contributed by atoms with Crippen molar-refractivity contribution in [2.24, 2.45) is 0 Å². The minimum atomic E-state index is -0.125. The number of hydrogen-bond donors (Lipinski definition) is 0. The summed E-state index contributed by atoms with van der Waals surface area (Å²) >= 11 is 0. The highest BCUT2D eigenvalue weighted by Crippen LogP contribution is 2.62. The highest BCUT2D eigenvalue weighted by molar-refractivity contribution is 6.98. The van der Waals surface area contributed by atoms with Crippen molar-refractivity contribution >= 4 is 40.2 Å². The predicted molar refractivity (Wildman–Crippen MR) is 308 cm³/mol. The third-order valence-electron chi connectivity index (χ3n) is 15.8. The van der Waals surface area contributed by atoms with Gasteiger partial charge < -0.3 is 9.47 Å². The van der Waals surface area contributed by atoms with Gasteiger partial charge in [-0.25, -0.2) is 0 Å². The topological polar surface area (TPSA) is 21.7 Å². The normalized spacial score (nSPS) is 12.6. The van der Waals surface area contributed by atoms with Gasteiger partial charge >= 0.3 is 0 Å². The Balaban J connectivity index is 1.07. The van der Waals surface area contributed by atoms with Crippen LogP contribution in [0.25, 0.3) is 66.8 Å². The fraction of sp³-hybridized carbons (Fsp3) is 0.130. The molecule has 0 aliphatic carbocycles. The van der Waals surface area contributed by atoms with E-state index in [1.165, 1.54) is 111 Å². The molecule has 3 aliphatic rings. The third-order valence-corrected chi connectivity index (χ3v) is 15.8. The van der Waals surface area contributed by atoms with Crippen molar-refractivity contribution in [3.8, 4) is 89.8 Å². The second-order valence-corrected chi connectivity index (χ2v) is 21.0. The summed E-state index contributed by atoms with van der Waals surface area (Å²) in [6.45, 7) is 20.1. The molecule has 0 spiro atoms. The quantitative estimate of drug-likeness (QED) is 0.149. The molecular weight excluding hydrogens is 886 g/mol. The molecule has 13 rings (SSSR count). The molecule has 0 fully saturated rings. The van der Waals surface area contributed by atoms with Crippen molar-refractivity contribution in [1.29, 1.82) is 0 Å². The largest absolute Gasteiger partial charge is 0.453 e. The average molecular weight is 942 g/mol. The number of nitrogens with zero attached hydrogens (tertiary/aromatic N) is 1. The second-order valence-electron chi connectivity index (χ2n) is 21.0. The lowest BCUT2D eigenvalue weighted by Gasteiger charge is -2.45. The average Bonchev–Trinajstić information content (AvgIpc) is 3.37. The predicted octanol–water partition coefficient (Wildman–Crippen LogP) is 17.0. The summed E-state index contributed by atoms with van der Waals surface area (Å²) in [5, 5.41) is 0. The molecule has 0 unspecified atom stereocenters. The number of aryl methyl sites for hydroxylation is 9. The summed E-state index contributed by atoms with van der Waals surface area (Å²) < 4.78 is 14.8. The molecule has 0 radical (unpaired) electrons. The molecule has 352 valence electrons. The van der Waals surface area contributed by atoms with Crippen LogP contribution < -0.4 is 30.8 Å². The van der Waals surface area contributed by atoms with Crippen LogP contribution in [0.2, 0.25) is 0 Å². The van der Waals surface area contributed by atoms with Crippen molar-refractivity contribution in [3.05, 3.63) is 226 Å². The SMILES string of the molecule is Cc1cc(C)c(B2c3cc(-c4cc(C)c(-c5ccccc5)c(C)c4)cc4c3N3c5c(cc(-c6cc(C)c(-c7ccccc7)c(C)c6)cc5Oc5cc(-c6cc(C)c(-c7ccccc7)c(C)c6)cc2c53)O4)c(C)c1. The van der Waals surface area contributed by atoms with Crippen LogP contribution in [0.5, 0.6) is 23.0 Å². The highest BCUT2D eigenvalue weighted by Gasteiger charge is 2.47. The summed E-state index contributed by atoms with van der Waals surface area (Å²) in [6.07, 6.45) is 0. The van der Waals surface area contributed by atoms with Gasteiger partial charge in [-0.05, 0) is 198 Å². The lowest BCUT2D eigenvalue weighted by atomic mass is 9.33. The van der Waals surface area contributed by atoms with E-state index >= 15 is 0 Å². The molecule has 0 aromatic heterocycles. The monoisotopic (exact) mass is 941 g/mol. The van der Waals surface area contributed by atoms with Crippen molar-refractivity contribution in [1.82, 2.24) is 0 Å².